The average molecular weight is 250 g/mol. The van der Waals surface area contributed by atoms with Crippen LogP contribution < -0.4 is 5.73 Å². The Labute approximate surface area is 108 Å². The number of nitrogens with zero attached hydrogens (tertiary/aromatic N) is 1. The first-order valence-corrected chi connectivity index (χ1v) is 7.72. The number of hydrogen-bond acceptors (Lipinski definition) is 3. The summed E-state index contributed by atoms with van der Waals surface area (Å²) in [5, 5.41) is 2.17. The van der Waals surface area contributed by atoms with Gasteiger partial charge in [0.15, 0.2) is 0 Å². The van der Waals surface area contributed by atoms with E-state index in [4.69, 9.17) is 5.73 Å². The highest BCUT2D eigenvalue weighted by Crippen LogP contribution is 2.38. The van der Waals surface area contributed by atoms with Gasteiger partial charge in [0.2, 0.25) is 0 Å². The van der Waals surface area contributed by atoms with Gasteiger partial charge in [-0.3, -0.25) is 4.90 Å². The fourth-order valence-electron chi connectivity index (χ4n) is 3.65. The van der Waals surface area contributed by atoms with Crippen molar-refractivity contribution < 1.29 is 0 Å². The second-order valence-electron chi connectivity index (χ2n) is 5.62. The molecule has 0 radical (unpaired) electrons. The standard InChI is InChI=1S/C14H22N2S/c15-8-13(14-5-2-6-17-14)16-9-11-3-1-4-12(7-11)10-16/h2,5-6,11-13H,1,3-4,7-10,15H2. The lowest BCUT2D eigenvalue weighted by Crippen LogP contribution is -2.46. The minimum absolute atomic E-state index is 0.471. The third-order valence-electron chi connectivity index (χ3n) is 4.41. The molecule has 0 aromatic carbocycles. The Morgan fingerprint density at radius 2 is 2.12 bits per heavy atom. The van der Waals surface area contributed by atoms with Gasteiger partial charge in [0.1, 0.15) is 0 Å². The molecular formula is C14H22N2S. The second-order valence-corrected chi connectivity index (χ2v) is 6.60. The Kier molecular flexibility index (Phi) is 3.50. The summed E-state index contributed by atoms with van der Waals surface area (Å²) in [5.74, 6) is 1.88. The summed E-state index contributed by atoms with van der Waals surface area (Å²) < 4.78 is 0. The number of hydrogen-bond donors (Lipinski definition) is 1. The molecule has 2 bridgehead atoms. The number of rotatable bonds is 3. The molecule has 3 rings (SSSR count). The van der Waals surface area contributed by atoms with Gasteiger partial charge in [0.05, 0.1) is 6.04 Å². The van der Waals surface area contributed by atoms with Crippen molar-refractivity contribution in [3.05, 3.63) is 22.4 Å². The molecule has 94 valence electrons. The molecule has 2 heterocycles. The minimum atomic E-state index is 0.471. The largest absolute Gasteiger partial charge is 0.329 e. The lowest BCUT2D eigenvalue weighted by atomic mass is 9.77. The maximum absolute atomic E-state index is 6.01. The van der Waals surface area contributed by atoms with Crippen LogP contribution in [0.3, 0.4) is 0 Å². The monoisotopic (exact) mass is 250 g/mol. The Morgan fingerprint density at radius 3 is 2.71 bits per heavy atom. The molecule has 2 nitrogen and oxygen atoms in total. The van der Waals surface area contributed by atoms with Crippen LogP contribution in [-0.2, 0) is 0 Å². The van der Waals surface area contributed by atoms with Gasteiger partial charge in [0, 0.05) is 24.5 Å². The van der Waals surface area contributed by atoms with E-state index >= 15 is 0 Å². The summed E-state index contributed by atoms with van der Waals surface area (Å²) >= 11 is 1.86. The molecule has 2 aliphatic rings. The summed E-state index contributed by atoms with van der Waals surface area (Å²) in [5.41, 5.74) is 6.01. The van der Waals surface area contributed by atoms with Crippen molar-refractivity contribution in [2.24, 2.45) is 17.6 Å². The van der Waals surface area contributed by atoms with E-state index < -0.39 is 0 Å². The molecule has 0 spiro atoms. The Bertz CT molecular complexity index is 337. The summed E-state index contributed by atoms with van der Waals surface area (Å²) in [6, 6.07) is 4.86. The molecule has 0 amide bonds. The van der Waals surface area contributed by atoms with Crippen LogP contribution in [0.4, 0.5) is 0 Å². The van der Waals surface area contributed by atoms with E-state index in [9.17, 15) is 0 Å². The predicted molar refractivity (Wildman–Crippen MR) is 73.1 cm³/mol. The van der Waals surface area contributed by atoms with E-state index in [0.29, 0.717) is 6.04 Å². The van der Waals surface area contributed by atoms with Crippen molar-refractivity contribution in [3.8, 4) is 0 Å². The molecule has 3 heteroatoms. The predicted octanol–water partition coefficient (Wildman–Crippen LogP) is 2.87. The summed E-state index contributed by atoms with van der Waals surface area (Å²) in [7, 11) is 0. The van der Waals surface area contributed by atoms with Crippen molar-refractivity contribution in [1.29, 1.82) is 0 Å². The van der Waals surface area contributed by atoms with E-state index in [-0.39, 0.29) is 0 Å². The molecule has 1 aromatic heterocycles. The number of nitrogens with two attached hydrogens (primary N) is 1. The first-order chi connectivity index (χ1) is 8.36. The quantitative estimate of drug-likeness (QED) is 0.894. The van der Waals surface area contributed by atoms with Crippen LogP contribution in [0.2, 0.25) is 0 Å². The Balaban J connectivity index is 1.74. The Hall–Kier alpha value is -0.380. The highest BCUT2D eigenvalue weighted by molar-refractivity contribution is 7.10. The van der Waals surface area contributed by atoms with E-state index in [1.54, 1.807) is 0 Å². The van der Waals surface area contributed by atoms with Crippen molar-refractivity contribution >= 4 is 11.3 Å². The van der Waals surface area contributed by atoms with E-state index in [1.165, 1.54) is 43.6 Å². The number of thiophene rings is 1. The van der Waals surface area contributed by atoms with Crippen molar-refractivity contribution in [1.82, 2.24) is 4.90 Å². The van der Waals surface area contributed by atoms with Gasteiger partial charge < -0.3 is 5.73 Å². The van der Waals surface area contributed by atoms with Crippen molar-refractivity contribution in [2.75, 3.05) is 19.6 Å². The molecule has 1 aromatic rings. The first kappa shape index (κ1) is 11.7. The fraction of sp³-hybridized carbons (Fsp3) is 0.714. The van der Waals surface area contributed by atoms with Gasteiger partial charge in [-0.15, -0.1) is 11.3 Å². The first-order valence-electron chi connectivity index (χ1n) is 6.84. The zero-order chi connectivity index (χ0) is 11.7. The van der Waals surface area contributed by atoms with Crippen LogP contribution in [0.1, 0.15) is 36.6 Å². The number of fused-ring (bicyclic) bond motifs is 2. The molecule has 1 aliphatic heterocycles. The zero-order valence-corrected chi connectivity index (χ0v) is 11.2. The molecular weight excluding hydrogens is 228 g/mol. The maximum Gasteiger partial charge on any atom is 0.0564 e. The summed E-state index contributed by atoms with van der Waals surface area (Å²) in [6.07, 6.45) is 5.80. The molecule has 2 N–H and O–H groups in total. The van der Waals surface area contributed by atoms with Gasteiger partial charge in [-0.2, -0.15) is 0 Å². The van der Waals surface area contributed by atoms with Crippen LogP contribution >= 0.6 is 11.3 Å². The van der Waals surface area contributed by atoms with Crippen LogP contribution in [0.5, 0.6) is 0 Å². The zero-order valence-electron chi connectivity index (χ0n) is 10.3. The molecule has 1 aliphatic carbocycles. The topological polar surface area (TPSA) is 29.3 Å². The molecule has 3 unspecified atom stereocenters. The van der Waals surface area contributed by atoms with E-state index in [1.807, 2.05) is 11.3 Å². The van der Waals surface area contributed by atoms with Crippen molar-refractivity contribution in [3.63, 3.8) is 0 Å². The lowest BCUT2D eigenvalue weighted by Gasteiger charge is -2.44. The van der Waals surface area contributed by atoms with Gasteiger partial charge in [-0.25, -0.2) is 0 Å². The highest BCUT2D eigenvalue weighted by Gasteiger charge is 2.33. The third-order valence-corrected chi connectivity index (χ3v) is 5.39. The maximum atomic E-state index is 6.01. The van der Waals surface area contributed by atoms with Crippen LogP contribution in [-0.4, -0.2) is 24.5 Å². The SMILES string of the molecule is NCC(c1cccs1)N1CC2CCCC(C2)C1. The smallest absolute Gasteiger partial charge is 0.0564 e. The number of piperidine rings is 1. The Morgan fingerprint density at radius 1 is 1.35 bits per heavy atom. The molecule has 17 heavy (non-hydrogen) atoms. The average Bonchev–Trinajstić information content (AvgIpc) is 2.83. The highest BCUT2D eigenvalue weighted by atomic mass is 32.1. The van der Waals surface area contributed by atoms with Gasteiger partial charge in [-0.05, 0) is 42.5 Å². The number of likely N-dealkylation sites (tertiary alicyclic amines) is 1. The molecule has 1 saturated carbocycles. The van der Waals surface area contributed by atoms with Crippen LogP contribution in [0.15, 0.2) is 17.5 Å². The van der Waals surface area contributed by atoms with Crippen LogP contribution in [0, 0.1) is 11.8 Å². The van der Waals surface area contributed by atoms with Gasteiger partial charge >= 0.3 is 0 Å². The normalized spacial score (nSPS) is 31.4. The minimum Gasteiger partial charge on any atom is -0.329 e. The summed E-state index contributed by atoms with van der Waals surface area (Å²) in [6.45, 7) is 3.31. The second kappa shape index (κ2) is 5.09. The van der Waals surface area contributed by atoms with Gasteiger partial charge in [-0.1, -0.05) is 12.5 Å². The molecule has 2 fully saturated rings. The molecule has 3 atom stereocenters. The van der Waals surface area contributed by atoms with E-state index in [0.717, 1.165) is 18.4 Å². The third kappa shape index (κ3) is 2.42. The fourth-order valence-corrected chi connectivity index (χ4v) is 4.53. The van der Waals surface area contributed by atoms with E-state index in [2.05, 4.69) is 22.4 Å². The van der Waals surface area contributed by atoms with Crippen LogP contribution in [0.25, 0.3) is 0 Å². The molecule has 1 saturated heterocycles. The lowest BCUT2D eigenvalue weighted by molar-refractivity contribution is 0.0562. The van der Waals surface area contributed by atoms with Gasteiger partial charge in [0.25, 0.3) is 0 Å². The summed E-state index contributed by atoms with van der Waals surface area (Å²) in [4.78, 5) is 4.11. The van der Waals surface area contributed by atoms with Crippen molar-refractivity contribution in [2.45, 2.75) is 31.7 Å².